The maximum absolute atomic E-state index is 5.93. The highest BCUT2D eigenvalue weighted by molar-refractivity contribution is 5.47. The van der Waals surface area contributed by atoms with Crippen LogP contribution in [0.15, 0.2) is 6.07 Å². The van der Waals surface area contributed by atoms with Gasteiger partial charge in [-0.3, -0.25) is 0 Å². The zero-order valence-electron chi connectivity index (χ0n) is 13.5. The smallest absolute Gasteiger partial charge is 0.135 e. The van der Waals surface area contributed by atoms with Crippen molar-refractivity contribution in [3.63, 3.8) is 0 Å². The van der Waals surface area contributed by atoms with E-state index in [9.17, 15) is 0 Å². The molecule has 0 radical (unpaired) electrons. The largest absolute Gasteiger partial charge is 0.384 e. The molecule has 2 N–H and O–H groups in total. The highest BCUT2D eigenvalue weighted by atomic mass is 15.2. The van der Waals surface area contributed by atoms with Crippen molar-refractivity contribution >= 4 is 11.6 Å². The summed E-state index contributed by atoms with van der Waals surface area (Å²) in [6, 6.07) is 2.46. The van der Waals surface area contributed by atoms with Crippen LogP contribution in [0, 0.1) is 5.41 Å². The highest BCUT2D eigenvalue weighted by Gasteiger charge is 2.29. The van der Waals surface area contributed by atoms with Gasteiger partial charge in [0.2, 0.25) is 0 Å². The predicted octanol–water partition coefficient (Wildman–Crippen LogP) is 3.59. The van der Waals surface area contributed by atoms with Gasteiger partial charge in [-0.15, -0.1) is 0 Å². The molecule has 0 saturated heterocycles. The standard InChI is InChI=1S/C16H28N4/c1-11(2)15-18-13(17)10-14(19-15)20(5)12-6-8-16(3,4)9-7-12/h10-12H,6-9H2,1-5H3,(H2,17,18,19). The fourth-order valence-corrected chi connectivity index (χ4v) is 2.87. The summed E-state index contributed by atoms with van der Waals surface area (Å²) in [5.41, 5.74) is 6.42. The summed E-state index contributed by atoms with van der Waals surface area (Å²) >= 11 is 0. The molecule has 4 nitrogen and oxygen atoms in total. The van der Waals surface area contributed by atoms with E-state index >= 15 is 0 Å². The minimum absolute atomic E-state index is 0.302. The monoisotopic (exact) mass is 276 g/mol. The zero-order valence-corrected chi connectivity index (χ0v) is 13.5. The van der Waals surface area contributed by atoms with Crippen molar-refractivity contribution in [3.8, 4) is 0 Å². The first-order chi connectivity index (χ1) is 9.28. The molecule has 0 bridgehead atoms. The van der Waals surface area contributed by atoms with Crippen molar-refractivity contribution in [2.75, 3.05) is 17.7 Å². The Kier molecular flexibility index (Phi) is 4.21. The van der Waals surface area contributed by atoms with Gasteiger partial charge < -0.3 is 10.6 Å². The average Bonchev–Trinajstić information content (AvgIpc) is 2.37. The first-order valence-corrected chi connectivity index (χ1v) is 7.66. The predicted molar refractivity (Wildman–Crippen MR) is 85.0 cm³/mol. The second kappa shape index (κ2) is 5.58. The number of nitrogens with zero attached hydrogens (tertiary/aromatic N) is 3. The Morgan fingerprint density at radius 2 is 1.85 bits per heavy atom. The summed E-state index contributed by atoms with van der Waals surface area (Å²) in [5, 5.41) is 0. The molecule has 1 aliphatic carbocycles. The molecule has 0 spiro atoms. The van der Waals surface area contributed by atoms with Crippen LogP contribution in [0.2, 0.25) is 0 Å². The molecule has 1 saturated carbocycles. The molecule has 1 heterocycles. The lowest BCUT2D eigenvalue weighted by molar-refractivity contribution is 0.222. The van der Waals surface area contributed by atoms with E-state index in [1.807, 2.05) is 6.07 Å². The van der Waals surface area contributed by atoms with E-state index in [2.05, 4.69) is 49.6 Å². The van der Waals surface area contributed by atoms with Gasteiger partial charge >= 0.3 is 0 Å². The van der Waals surface area contributed by atoms with E-state index in [-0.39, 0.29) is 0 Å². The number of rotatable bonds is 3. The molecule has 0 aliphatic heterocycles. The Labute approximate surface area is 122 Å². The Balaban J connectivity index is 2.15. The van der Waals surface area contributed by atoms with Crippen LogP contribution >= 0.6 is 0 Å². The molecular weight excluding hydrogens is 248 g/mol. The number of aromatic nitrogens is 2. The lowest BCUT2D eigenvalue weighted by atomic mass is 9.75. The Hall–Kier alpha value is -1.32. The van der Waals surface area contributed by atoms with Crippen LogP contribution in [0.3, 0.4) is 0 Å². The van der Waals surface area contributed by atoms with Crippen molar-refractivity contribution in [1.29, 1.82) is 0 Å². The summed E-state index contributed by atoms with van der Waals surface area (Å²) in [5.74, 6) is 2.67. The highest BCUT2D eigenvalue weighted by Crippen LogP contribution is 2.37. The molecule has 1 fully saturated rings. The number of nitrogen functional groups attached to an aromatic ring is 1. The first-order valence-electron chi connectivity index (χ1n) is 7.66. The van der Waals surface area contributed by atoms with E-state index in [0.29, 0.717) is 23.2 Å². The van der Waals surface area contributed by atoms with Gasteiger partial charge in [0, 0.05) is 25.1 Å². The van der Waals surface area contributed by atoms with Crippen LogP contribution in [0.1, 0.15) is 65.1 Å². The maximum atomic E-state index is 5.93. The SMILES string of the molecule is CC(C)c1nc(N)cc(N(C)C2CCC(C)(C)CC2)n1. The van der Waals surface area contributed by atoms with Gasteiger partial charge in [0.25, 0.3) is 0 Å². The minimum Gasteiger partial charge on any atom is -0.384 e. The zero-order chi connectivity index (χ0) is 14.9. The van der Waals surface area contributed by atoms with Crippen LogP contribution in [-0.4, -0.2) is 23.1 Å². The van der Waals surface area contributed by atoms with Gasteiger partial charge in [-0.2, -0.15) is 0 Å². The number of nitrogens with two attached hydrogens (primary N) is 1. The van der Waals surface area contributed by atoms with Crippen molar-refractivity contribution in [1.82, 2.24) is 9.97 Å². The van der Waals surface area contributed by atoms with Gasteiger partial charge in [-0.25, -0.2) is 9.97 Å². The van der Waals surface area contributed by atoms with E-state index in [0.717, 1.165) is 11.6 Å². The average molecular weight is 276 g/mol. The van der Waals surface area contributed by atoms with Gasteiger partial charge in [-0.05, 0) is 31.1 Å². The molecule has 20 heavy (non-hydrogen) atoms. The summed E-state index contributed by atoms with van der Waals surface area (Å²) in [6.45, 7) is 8.93. The number of anilines is 2. The molecule has 1 aromatic rings. The molecule has 1 aliphatic rings. The van der Waals surface area contributed by atoms with E-state index in [4.69, 9.17) is 5.73 Å². The third-order valence-corrected chi connectivity index (χ3v) is 4.48. The summed E-state index contributed by atoms with van der Waals surface area (Å²) in [4.78, 5) is 11.3. The van der Waals surface area contributed by atoms with Gasteiger partial charge in [0.15, 0.2) is 0 Å². The quantitative estimate of drug-likeness (QED) is 0.916. The molecule has 0 amide bonds. The lowest BCUT2D eigenvalue weighted by Crippen LogP contribution is -2.37. The van der Waals surface area contributed by atoms with Crippen LogP contribution in [-0.2, 0) is 0 Å². The van der Waals surface area contributed by atoms with Crippen LogP contribution < -0.4 is 10.6 Å². The molecule has 0 unspecified atom stereocenters. The van der Waals surface area contributed by atoms with Gasteiger partial charge in [0.1, 0.15) is 17.5 Å². The minimum atomic E-state index is 0.302. The molecule has 4 heteroatoms. The van der Waals surface area contributed by atoms with Crippen molar-refractivity contribution in [3.05, 3.63) is 11.9 Å². The molecular formula is C16H28N4. The summed E-state index contributed by atoms with van der Waals surface area (Å²) in [6.07, 6.45) is 5.01. The second-order valence-electron chi connectivity index (χ2n) is 7.17. The fourth-order valence-electron chi connectivity index (χ4n) is 2.87. The van der Waals surface area contributed by atoms with Crippen molar-refractivity contribution in [2.24, 2.45) is 5.41 Å². The third kappa shape index (κ3) is 3.41. The second-order valence-corrected chi connectivity index (χ2v) is 7.17. The van der Waals surface area contributed by atoms with Crippen LogP contribution in [0.25, 0.3) is 0 Å². The number of hydrogen-bond acceptors (Lipinski definition) is 4. The van der Waals surface area contributed by atoms with Gasteiger partial charge in [-0.1, -0.05) is 27.7 Å². The number of hydrogen-bond donors (Lipinski definition) is 1. The maximum Gasteiger partial charge on any atom is 0.135 e. The topological polar surface area (TPSA) is 55.0 Å². The Morgan fingerprint density at radius 3 is 2.40 bits per heavy atom. The summed E-state index contributed by atoms with van der Waals surface area (Å²) < 4.78 is 0. The Bertz CT molecular complexity index is 458. The van der Waals surface area contributed by atoms with Crippen LogP contribution in [0.4, 0.5) is 11.6 Å². The van der Waals surface area contributed by atoms with Crippen LogP contribution in [0.5, 0.6) is 0 Å². The molecule has 0 atom stereocenters. The fraction of sp³-hybridized carbons (Fsp3) is 0.750. The first kappa shape index (κ1) is 15.1. The third-order valence-electron chi connectivity index (χ3n) is 4.48. The molecule has 112 valence electrons. The van der Waals surface area contributed by atoms with Crippen molar-refractivity contribution < 1.29 is 0 Å². The van der Waals surface area contributed by atoms with Gasteiger partial charge in [0.05, 0.1) is 0 Å². The molecule has 1 aromatic heterocycles. The molecule has 2 rings (SSSR count). The van der Waals surface area contributed by atoms with E-state index in [1.165, 1.54) is 25.7 Å². The Morgan fingerprint density at radius 1 is 1.25 bits per heavy atom. The lowest BCUT2D eigenvalue weighted by Gasteiger charge is -2.39. The van der Waals surface area contributed by atoms with E-state index in [1.54, 1.807) is 0 Å². The van der Waals surface area contributed by atoms with Crippen molar-refractivity contribution in [2.45, 2.75) is 65.3 Å². The normalized spacial score (nSPS) is 19.3. The van der Waals surface area contributed by atoms with E-state index < -0.39 is 0 Å². The molecule has 0 aromatic carbocycles. The summed E-state index contributed by atoms with van der Waals surface area (Å²) in [7, 11) is 2.13.